The molecule has 1 amide bonds. The van der Waals surface area contributed by atoms with Gasteiger partial charge in [-0.3, -0.25) is 9.59 Å². The van der Waals surface area contributed by atoms with Crippen LogP contribution in [0, 0.1) is 20.8 Å². The zero-order chi connectivity index (χ0) is 25.4. The summed E-state index contributed by atoms with van der Waals surface area (Å²) in [6.07, 6.45) is 1.68. The number of carbonyl (C=O) groups excluding carboxylic acids is 1. The van der Waals surface area contributed by atoms with Crippen LogP contribution in [0.5, 0.6) is 11.5 Å². The van der Waals surface area contributed by atoms with Gasteiger partial charge in [-0.2, -0.15) is 5.10 Å². The number of aryl methyl sites for hydroxylation is 3. The second kappa shape index (κ2) is 9.53. The van der Waals surface area contributed by atoms with Gasteiger partial charge < -0.3 is 19.4 Å². The maximum Gasteiger partial charge on any atom is 0.276 e. The summed E-state index contributed by atoms with van der Waals surface area (Å²) < 4.78 is 14.6. The van der Waals surface area contributed by atoms with E-state index in [1.54, 1.807) is 6.20 Å². The van der Waals surface area contributed by atoms with Crippen LogP contribution in [0.1, 0.15) is 41.0 Å². The fourth-order valence-electron chi connectivity index (χ4n) is 4.71. The lowest BCUT2D eigenvalue weighted by molar-refractivity contribution is -0.122. The van der Waals surface area contributed by atoms with Crippen molar-refractivity contribution in [2.24, 2.45) is 0 Å². The molecule has 0 spiro atoms. The minimum Gasteiger partial charge on any atom is -0.486 e. The first-order chi connectivity index (χ1) is 17.3. The summed E-state index contributed by atoms with van der Waals surface area (Å²) in [5.74, 6) is 1.08. The Bertz CT molecular complexity index is 1500. The normalized spacial score (nSPS) is 13.6. The number of nitrogens with one attached hydrogen (secondary N) is 1. The molecule has 2 aromatic carbocycles. The van der Waals surface area contributed by atoms with E-state index in [9.17, 15) is 9.59 Å². The molecule has 1 atom stereocenters. The first-order valence-corrected chi connectivity index (χ1v) is 12.1. The monoisotopic (exact) mass is 486 g/mol. The van der Waals surface area contributed by atoms with Gasteiger partial charge in [0.2, 0.25) is 5.91 Å². The lowest BCUT2D eigenvalue weighted by Crippen LogP contribution is -2.35. The quantitative estimate of drug-likeness (QED) is 0.448. The van der Waals surface area contributed by atoms with Crippen molar-refractivity contribution in [2.45, 2.75) is 46.8 Å². The van der Waals surface area contributed by atoms with Crippen LogP contribution in [0.2, 0.25) is 0 Å². The summed E-state index contributed by atoms with van der Waals surface area (Å²) >= 11 is 0. The molecule has 1 aliphatic rings. The first-order valence-electron chi connectivity index (χ1n) is 12.1. The highest BCUT2D eigenvalue weighted by Gasteiger charge is 2.19. The van der Waals surface area contributed by atoms with E-state index in [1.165, 1.54) is 10.2 Å². The number of fused-ring (bicyclic) bond motifs is 2. The minimum atomic E-state index is -0.292. The molecule has 1 N–H and O–H groups in total. The van der Waals surface area contributed by atoms with Gasteiger partial charge in [0.1, 0.15) is 19.8 Å². The molecule has 2 aromatic heterocycles. The average Bonchev–Trinajstić information content (AvgIpc) is 3.11. The molecule has 4 aromatic rings. The van der Waals surface area contributed by atoms with Crippen LogP contribution in [0.3, 0.4) is 0 Å². The molecular formula is C28H30N4O4. The minimum absolute atomic E-state index is 0.161. The highest BCUT2D eigenvalue weighted by atomic mass is 16.6. The summed E-state index contributed by atoms with van der Waals surface area (Å²) in [6.45, 7) is 9.42. The Morgan fingerprint density at radius 2 is 1.75 bits per heavy atom. The smallest absolute Gasteiger partial charge is 0.276 e. The van der Waals surface area contributed by atoms with Crippen molar-refractivity contribution in [2.75, 3.05) is 13.2 Å². The van der Waals surface area contributed by atoms with Crippen LogP contribution in [0.15, 0.2) is 53.5 Å². The van der Waals surface area contributed by atoms with Gasteiger partial charge in [-0.25, -0.2) is 4.68 Å². The lowest BCUT2D eigenvalue weighted by Gasteiger charge is -2.21. The molecule has 0 fully saturated rings. The number of nitrogens with zero attached hydrogens (tertiary/aromatic N) is 3. The number of hydrogen-bond acceptors (Lipinski definition) is 5. The Morgan fingerprint density at radius 3 is 2.50 bits per heavy atom. The van der Waals surface area contributed by atoms with Crippen molar-refractivity contribution in [3.8, 4) is 11.5 Å². The SMILES string of the molecule is Cc1ccc(Cn2c(C)c3cnn(CC(=O)NC(C)c4ccc5c(c4)OCCO5)c(=O)c3c2C)cc1. The molecule has 8 nitrogen and oxygen atoms in total. The topological polar surface area (TPSA) is 87.4 Å². The van der Waals surface area contributed by atoms with Crippen LogP contribution in [-0.4, -0.2) is 33.5 Å². The van der Waals surface area contributed by atoms with E-state index in [2.05, 4.69) is 46.2 Å². The number of carbonyl (C=O) groups is 1. The second-order valence-electron chi connectivity index (χ2n) is 9.33. The zero-order valence-electron chi connectivity index (χ0n) is 21.0. The molecule has 5 rings (SSSR count). The second-order valence-corrected chi connectivity index (χ2v) is 9.33. The van der Waals surface area contributed by atoms with Crippen LogP contribution >= 0.6 is 0 Å². The molecule has 0 bridgehead atoms. The van der Waals surface area contributed by atoms with Gasteiger partial charge in [-0.1, -0.05) is 35.9 Å². The predicted octanol–water partition coefficient (Wildman–Crippen LogP) is 3.82. The van der Waals surface area contributed by atoms with Crippen molar-refractivity contribution in [1.29, 1.82) is 0 Å². The molecule has 8 heteroatoms. The van der Waals surface area contributed by atoms with Crippen molar-refractivity contribution >= 4 is 16.7 Å². The fourth-order valence-corrected chi connectivity index (χ4v) is 4.71. The van der Waals surface area contributed by atoms with Crippen LogP contribution < -0.4 is 20.3 Å². The Morgan fingerprint density at radius 1 is 1.03 bits per heavy atom. The van der Waals surface area contributed by atoms with Gasteiger partial charge in [0.05, 0.1) is 17.6 Å². The summed E-state index contributed by atoms with van der Waals surface area (Å²) in [4.78, 5) is 26.2. The van der Waals surface area contributed by atoms with Crippen LogP contribution in [0.25, 0.3) is 10.8 Å². The number of aromatic nitrogens is 3. The molecule has 0 aliphatic carbocycles. The lowest BCUT2D eigenvalue weighted by atomic mass is 10.1. The maximum absolute atomic E-state index is 13.3. The van der Waals surface area contributed by atoms with Crippen LogP contribution in [0.4, 0.5) is 0 Å². The Balaban J connectivity index is 1.35. The Kier molecular flexibility index (Phi) is 6.26. The first kappa shape index (κ1) is 23.7. The van der Waals surface area contributed by atoms with Crippen molar-refractivity contribution in [1.82, 2.24) is 19.7 Å². The van der Waals surface area contributed by atoms with E-state index < -0.39 is 0 Å². The number of hydrogen-bond donors (Lipinski definition) is 1. The summed E-state index contributed by atoms with van der Waals surface area (Å²) in [5, 5.41) is 8.68. The molecular weight excluding hydrogens is 456 g/mol. The predicted molar refractivity (Wildman–Crippen MR) is 138 cm³/mol. The van der Waals surface area contributed by atoms with Gasteiger partial charge in [0.15, 0.2) is 11.5 Å². The Hall–Kier alpha value is -4.07. The molecule has 3 heterocycles. The van der Waals surface area contributed by atoms with Crippen LogP contribution in [-0.2, 0) is 17.9 Å². The third kappa shape index (κ3) is 4.46. The number of ether oxygens (including phenoxy) is 2. The zero-order valence-corrected chi connectivity index (χ0v) is 21.0. The molecule has 1 unspecified atom stereocenters. The number of benzene rings is 2. The van der Waals surface area contributed by atoms with E-state index in [-0.39, 0.29) is 24.1 Å². The van der Waals surface area contributed by atoms with E-state index in [4.69, 9.17) is 9.47 Å². The van der Waals surface area contributed by atoms with Crippen molar-refractivity contribution in [3.63, 3.8) is 0 Å². The van der Waals surface area contributed by atoms with Crippen molar-refractivity contribution < 1.29 is 14.3 Å². The summed E-state index contributed by atoms with van der Waals surface area (Å²) in [5.41, 5.74) is 4.85. The molecule has 186 valence electrons. The highest BCUT2D eigenvalue weighted by molar-refractivity contribution is 5.87. The largest absolute Gasteiger partial charge is 0.486 e. The van der Waals surface area contributed by atoms with E-state index in [1.807, 2.05) is 39.0 Å². The molecule has 36 heavy (non-hydrogen) atoms. The third-order valence-electron chi connectivity index (χ3n) is 6.80. The third-order valence-corrected chi connectivity index (χ3v) is 6.80. The molecule has 0 saturated heterocycles. The number of amides is 1. The fraction of sp³-hybridized carbons (Fsp3) is 0.321. The van der Waals surface area contributed by atoms with Gasteiger partial charge in [-0.15, -0.1) is 0 Å². The van der Waals surface area contributed by atoms with E-state index in [0.717, 1.165) is 27.9 Å². The average molecular weight is 487 g/mol. The molecule has 1 aliphatic heterocycles. The summed E-state index contributed by atoms with van der Waals surface area (Å²) in [7, 11) is 0. The van der Waals surface area contributed by atoms with Crippen molar-refractivity contribution in [3.05, 3.63) is 87.1 Å². The summed E-state index contributed by atoms with van der Waals surface area (Å²) in [6, 6.07) is 13.7. The van der Waals surface area contributed by atoms with Gasteiger partial charge in [0.25, 0.3) is 5.56 Å². The van der Waals surface area contributed by atoms with E-state index >= 15 is 0 Å². The van der Waals surface area contributed by atoms with Gasteiger partial charge in [0, 0.05) is 23.3 Å². The number of rotatable bonds is 6. The molecule has 0 radical (unpaired) electrons. The molecule has 0 saturated carbocycles. The van der Waals surface area contributed by atoms with E-state index in [0.29, 0.717) is 36.6 Å². The Labute approximate surface area is 209 Å². The highest BCUT2D eigenvalue weighted by Crippen LogP contribution is 2.32. The maximum atomic E-state index is 13.3. The standard InChI is InChI=1S/C28H30N4O4/c1-17-5-7-21(8-6-17)15-31-19(3)23-14-29-32(28(34)27(23)20(31)4)16-26(33)30-18(2)22-9-10-24-25(13-22)36-12-11-35-24/h5-10,13-14,18H,11-12,15-16H2,1-4H3,(H,30,33). The van der Waals surface area contributed by atoms with Gasteiger partial charge in [-0.05, 0) is 51.0 Å². The van der Waals surface area contributed by atoms with Gasteiger partial charge >= 0.3 is 0 Å².